The zero-order chi connectivity index (χ0) is 23.9. The van der Waals surface area contributed by atoms with Crippen LogP contribution in [0.3, 0.4) is 0 Å². The summed E-state index contributed by atoms with van der Waals surface area (Å²) in [6, 6.07) is 14.4. The van der Waals surface area contributed by atoms with Gasteiger partial charge in [-0.05, 0) is 47.6 Å². The predicted octanol–water partition coefficient (Wildman–Crippen LogP) is 5.21. The minimum atomic E-state index is -0.640. The fraction of sp³-hybridized carbons (Fsp3) is 0.462. The molecule has 0 aromatic heterocycles. The van der Waals surface area contributed by atoms with Gasteiger partial charge in [0.2, 0.25) is 5.91 Å². The third-order valence-corrected chi connectivity index (χ3v) is 5.42. The van der Waals surface area contributed by atoms with Crippen LogP contribution in [0.1, 0.15) is 52.7 Å². The highest BCUT2D eigenvalue weighted by Crippen LogP contribution is 2.31. The monoisotopic (exact) mass is 458 g/mol. The van der Waals surface area contributed by atoms with Gasteiger partial charge in [-0.1, -0.05) is 76.6 Å². The van der Waals surface area contributed by atoms with Crippen LogP contribution in [0, 0.1) is 5.92 Å². The summed E-state index contributed by atoms with van der Waals surface area (Å²) in [7, 11) is 0. The zero-order valence-corrected chi connectivity index (χ0v) is 20.7. The van der Waals surface area contributed by atoms with E-state index in [1.54, 1.807) is 24.0 Å². The lowest BCUT2D eigenvalue weighted by molar-refractivity contribution is -0.142. The van der Waals surface area contributed by atoms with Crippen LogP contribution in [0.2, 0.25) is 5.02 Å². The Hall–Kier alpha value is -2.53. The van der Waals surface area contributed by atoms with Crippen molar-refractivity contribution in [2.45, 2.75) is 59.5 Å². The first-order valence-corrected chi connectivity index (χ1v) is 11.4. The SMILES string of the molecule is CC(C)CNC(=O)C(C)N(Cc1ccc(Cl)cc1)C(=O)COc1ccccc1C(C)(C)C. The van der Waals surface area contributed by atoms with Gasteiger partial charge in [-0.3, -0.25) is 9.59 Å². The van der Waals surface area contributed by atoms with E-state index in [-0.39, 0.29) is 30.4 Å². The van der Waals surface area contributed by atoms with E-state index in [0.29, 0.717) is 23.2 Å². The maximum atomic E-state index is 13.2. The van der Waals surface area contributed by atoms with Crippen molar-refractivity contribution in [3.63, 3.8) is 0 Å². The lowest BCUT2D eigenvalue weighted by Crippen LogP contribution is -2.49. The third kappa shape index (κ3) is 7.56. The largest absolute Gasteiger partial charge is 0.483 e. The number of benzene rings is 2. The minimum Gasteiger partial charge on any atom is -0.483 e. The van der Waals surface area contributed by atoms with Crippen molar-refractivity contribution < 1.29 is 14.3 Å². The topological polar surface area (TPSA) is 58.6 Å². The van der Waals surface area contributed by atoms with Gasteiger partial charge in [-0.2, -0.15) is 0 Å². The second-order valence-corrected chi connectivity index (χ2v) is 9.93. The molecule has 0 spiro atoms. The Balaban J connectivity index is 2.20. The molecular formula is C26H35ClN2O3. The van der Waals surface area contributed by atoms with Crippen molar-refractivity contribution in [1.82, 2.24) is 10.2 Å². The van der Waals surface area contributed by atoms with Crippen LogP contribution < -0.4 is 10.1 Å². The predicted molar refractivity (Wildman–Crippen MR) is 130 cm³/mol. The molecule has 2 amide bonds. The highest BCUT2D eigenvalue weighted by Gasteiger charge is 2.27. The summed E-state index contributed by atoms with van der Waals surface area (Å²) in [5, 5.41) is 3.54. The molecular weight excluding hydrogens is 424 g/mol. The average Bonchev–Trinajstić information content (AvgIpc) is 2.74. The Morgan fingerprint density at radius 3 is 2.25 bits per heavy atom. The second kappa shape index (κ2) is 11.4. The number of hydrogen-bond acceptors (Lipinski definition) is 3. The molecule has 32 heavy (non-hydrogen) atoms. The highest BCUT2D eigenvalue weighted by atomic mass is 35.5. The smallest absolute Gasteiger partial charge is 0.261 e. The summed E-state index contributed by atoms with van der Waals surface area (Å²) in [6.45, 7) is 12.8. The van der Waals surface area contributed by atoms with Crippen LogP contribution in [0.15, 0.2) is 48.5 Å². The van der Waals surface area contributed by atoms with Gasteiger partial charge in [0.25, 0.3) is 5.91 Å². The van der Waals surface area contributed by atoms with E-state index in [1.807, 2.05) is 50.2 Å². The maximum absolute atomic E-state index is 13.2. The molecule has 0 fully saturated rings. The molecule has 2 aromatic carbocycles. The first-order valence-electron chi connectivity index (χ1n) is 11.0. The molecule has 0 aliphatic carbocycles. The van der Waals surface area contributed by atoms with Crippen LogP contribution in [-0.4, -0.2) is 35.9 Å². The van der Waals surface area contributed by atoms with Gasteiger partial charge in [0.15, 0.2) is 6.61 Å². The van der Waals surface area contributed by atoms with E-state index in [0.717, 1.165) is 11.1 Å². The number of carbonyl (C=O) groups excluding carboxylic acids is 2. The van der Waals surface area contributed by atoms with E-state index >= 15 is 0 Å². The van der Waals surface area contributed by atoms with E-state index in [9.17, 15) is 9.59 Å². The van der Waals surface area contributed by atoms with E-state index < -0.39 is 6.04 Å². The van der Waals surface area contributed by atoms with Crippen LogP contribution in [0.4, 0.5) is 0 Å². The number of hydrogen-bond donors (Lipinski definition) is 1. The van der Waals surface area contributed by atoms with Gasteiger partial charge >= 0.3 is 0 Å². The van der Waals surface area contributed by atoms with Crippen molar-refractivity contribution in [3.8, 4) is 5.75 Å². The van der Waals surface area contributed by atoms with Crippen molar-refractivity contribution in [1.29, 1.82) is 0 Å². The summed E-state index contributed by atoms with van der Waals surface area (Å²) in [4.78, 5) is 27.5. The average molecular weight is 459 g/mol. The Kier molecular flexibility index (Phi) is 9.14. The van der Waals surface area contributed by atoms with Gasteiger partial charge in [-0.25, -0.2) is 0 Å². The Morgan fingerprint density at radius 1 is 1.03 bits per heavy atom. The number of nitrogens with one attached hydrogen (secondary N) is 1. The quantitative estimate of drug-likeness (QED) is 0.561. The molecule has 1 N–H and O–H groups in total. The molecule has 0 bridgehead atoms. The molecule has 1 unspecified atom stereocenters. The number of rotatable bonds is 9. The first-order chi connectivity index (χ1) is 15.0. The Labute approximate surface area is 197 Å². The molecule has 174 valence electrons. The van der Waals surface area contributed by atoms with Gasteiger partial charge in [0.05, 0.1) is 0 Å². The molecule has 0 radical (unpaired) electrons. The first kappa shape index (κ1) is 25.7. The van der Waals surface area contributed by atoms with E-state index in [2.05, 4.69) is 26.1 Å². The fourth-order valence-corrected chi connectivity index (χ4v) is 3.38. The van der Waals surface area contributed by atoms with Crippen LogP contribution in [-0.2, 0) is 21.5 Å². The highest BCUT2D eigenvalue weighted by molar-refractivity contribution is 6.30. The number of ether oxygens (including phenoxy) is 1. The molecule has 6 heteroatoms. The standard InChI is InChI=1S/C26H35ClN2O3/c1-18(2)15-28-25(31)19(3)29(16-20-11-13-21(27)14-12-20)24(30)17-32-23-10-8-7-9-22(23)26(4,5)6/h7-14,18-19H,15-17H2,1-6H3,(H,28,31). The number of nitrogens with zero attached hydrogens (tertiary/aromatic N) is 1. The Bertz CT molecular complexity index is 904. The number of amides is 2. The van der Waals surface area contributed by atoms with Crippen LogP contribution in [0.5, 0.6) is 5.75 Å². The van der Waals surface area contributed by atoms with Gasteiger partial charge in [0, 0.05) is 18.1 Å². The summed E-state index contributed by atoms with van der Waals surface area (Å²) in [5.41, 5.74) is 1.80. The maximum Gasteiger partial charge on any atom is 0.261 e. The van der Waals surface area contributed by atoms with E-state index in [4.69, 9.17) is 16.3 Å². The Morgan fingerprint density at radius 2 is 1.66 bits per heavy atom. The third-order valence-electron chi connectivity index (χ3n) is 5.16. The molecule has 0 aliphatic heterocycles. The normalized spacial score (nSPS) is 12.4. The summed E-state index contributed by atoms with van der Waals surface area (Å²) in [5.74, 6) is 0.562. The van der Waals surface area contributed by atoms with Gasteiger partial charge in [-0.15, -0.1) is 0 Å². The number of para-hydroxylation sites is 1. The van der Waals surface area contributed by atoms with Crippen molar-refractivity contribution >= 4 is 23.4 Å². The van der Waals surface area contributed by atoms with Crippen LogP contribution >= 0.6 is 11.6 Å². The summed E-state index contributed by atoms with van der Waals surface area (Å²) in [6.07, 6.45) is 0. The van der Waals surface area contributed by atoms with E-state index in [1.165, 1.54) is 0 Å². The summed E-state index contributed by atoms with van der Waals surface area (Å²) >= 11 is 6.00. The molecule has 1 atom stereocenters. The molecule has 2 rings (SSSR count). The van der Waals surface area contributed by atoms with Crippen molar-refractivity contribution in [3.05, 3.63) is 64.7 Å². The molecule has 2 aromatic rings. The molecule has 0 saturated heterocycles. The summed E-state index contributed by atoms with van der Waals surface area (Å²) < 4.78 is 5.95. The fourth-order valence-electron chi connectivity index (χ4n) is 3.26. The molecule has 0 heterocycles. The molecule has 5 nitrogen and oxygen atoms in total. The van der Waals surface area contributed by atoms with Crippen LogP contribution in [0.25, 0.3) is 0 Å². The molecule has 0 aliphatic rings. The molecule has 0 saturated carbocycles. The number of halogens is 1. The lowest BCUT2D eigenvalue weighted by atomic mass is 9.86. The zero-order valence-electron chi connectivity index (χ0n) is 19.9. The van der Waals surface area contributed by atoms with Crippen molar-refractivity contribution in [2.75, 3.05) is 13.2 Å². The minimum absolute atomic E-state index is 0.118. The van der Waals surface area contributed by atoms with Gasteiger partial charge in [0.1, 0.15) is 11.8 Å². The lowest BCUT2D eigenvalue weighted by Gasteiger charge is -2.29. The van der Waals surface area contributed by atoms with Gasteiger partial charge < -0.3 is 15.0 Å². The number of carbonyl (C=O) groups is 2. The van der Waals surface area contributed by atoms with Crippen molar-refractivity contribution in [2.24, 2.45) is 5.92 Å². The second-order valence-electron chi connectivity index (χ2n) is 9.50.